The maximum atomic E-state index is 8.23. The number of hydrogen-bond donors (Lipinski definition) is 2. The molecule has 0 bridgehead atoms. The zero-order valence-electron chi connectivity index (χ0n) is 5.95. The molecule has 0 aliphatic heterocycles. The van der Waals surface area contributed by atoms with Gasteiger partial charge in [0.1, 0.15) is 14.1 Å². The highest BCUT2D eigenvalue weighted by Gasteiger charge is 2.16. The molecule has 0 aromatic rings. The Kier molecular flexibility index (Phi) is 7.44. The minimum Gasteiger partial charge on any atom is -1.00 e. The monoisotopic (exact) mass is 173 g/mol. The van der Waals surface area contributed by atoms with Gasteiger partial charge in [0.05, 0.1) is 0 Å². The summed E-state index contributed by atoms with van der Waals surface area (Å²) in [4.78, 5) is 8.85. The largest absolute Gasteiger partial charge is 1.00 e. The van der Waals surface area contributed by atoms with E-state index in [1.807, 2.05) is 0 Å². The molecule has 10 heavy (non-hydrogen) atoms. The predicted molar refractivity (Wildman–Crippen MR) is 28.4 cm³/mol. The topological polar surface area (TPSA) is 58.9 Å². The first-order valence-electron chi connectivity index (χ1n) is 2.47. The fraction of sp³-hybridized carbons (Fsp3) is 1.00. The van der Waals surface area contributed by atoms with E-state index in [9.17, 15) is 0 Å². The fourth-order valence-electron chi connectivity index (χ4n) is 0.315. The van der Waals surface area contributed by atoms with Gasteiger partial charge in [0, 0.05) is 0 Å². The van der Waals surface area contributed by atoms with Crippen molar-refractivity contribution in [3.63, 3.8) is 0 Å². The highest BCUT2D eigenvalue weighted by molar-refractivity contribution is 3.79. The van der Waals surface area contributed by atoms with Crippen molar-refractivity contribution in [3.05, 3.63) is 0 Å². The van der Waals surface area contributed by atoms with E-state index in [0.29, 0.717) is 0 Å². The summed E-state index contributed by atoms with van der Waals surface area (Å²) in [5.74, 6) is 0. The van der Waals surface area contributed by atoms with Crippen molar-refractivity contribution in [2.45, 2.75) is 0 Å². The van der Waals surface area contributed by atoms with Crippen LogP contribution in [0.3, 0.4) is 0 Å². The summed E-state index contributed by atoms with van der Waals surface area (Å²) in [5, 5.41) is 16.5. The second-order valence-electron chi connectivity index (χ2n) is 1.77. The number of quaternary nitrogens is 1. The Balaban J connectivity index is 0. The van der Waals surface area contributed by atoms with E-state index >= 15 is 0 Å². The molecule has 6 heteroatoms. The summed E-state index contributed by atoms with van der Waals surface area (Å²) < 4.78 is 0. The molecule has 0 aromatic carbocycles. The normalized spacial score (nSPS) is 10.8. The molecule has 0 saturated heterocycles. The molecule has 0 rings (SSSR count). The van der Waals surface area contributed by atoms with Gasteiger partial charge < -0.3 is 22.6 Å². The van der Waals surface area contributed by atoms with E-state index in [-0.39, 0.29) is 17.2 Å². The van der Waals surface area contributed by atoms with Gasteiger partial charge in [-0.3, -0.25) is 0 Å². The molecule has 5 nitrogen and oxygen atoms in total. The van der Waals surface area contributed by atoms with Crippen LogP contribution in [0.5, 0.6) is 0 Å². The molecule has 2 N–H and O–H groups in total. The highest BCUT2D eigenvalue weighted by atomic mass is 35.5. The van der Waals surface area contributed by atoms with Crippen molar-refractivity contribution in [1.29, 1.82) is 0 Å². The highest BCUT2D eigenvalue weighted by Crippen LogP contribution is 1.97. The SMILES string of the molecule is C[N+](C)(OCO)OCO.[Cl-]. The summed E-state index contributed by atoms with van der Waals surface area (Å²) in [5.41, 5.74) is 0. The molecule has 0 radical (unpaired) electrons. The molecule has 0 unspecified atom stereocenters. The van der Waals surface area contributed by atoms with Gasteiger partial charge in [-0.15, -0.1) is 9.68 Å². The van der Waals surface area contributed by atoms with E-state index < -0.39 is 13.6 Å². The molecule has 0 saturated carbocycles. The summed E-state index contributed by atoms with van der Waals surface area (Å²) in [6.45, 7) is -0.875. The van der Waals surface area contributed by atoms with Crippen molar-refractivity contribution >= 4 is 0 Å². The Morgan fingerprint density at radius 2 is 1.40 bits per heavy atom. The molecule has 0 spiro atoms. The molecular weight excluding hydrogens is 162 g/mol. The van der Waals surface area contributed by atoms with Crippen LogP contribution < -0.4 is 12.4 Å². The first-order valence-corrected chi connectivity index (χ1v) is 2.47. The third kappa shape index (κ3) is 6.21. The number of aliphatic hydroxyl groups is 2. The van der Waals surface area contributed by atoms with Crippen LogP contribution in [-0.2, 0) is 9.68 Å². The van der Waals surface area contributed by atoms with Crippen LogP contribution in [0.4, 0.5) is 0 Å². The lowest BCUT2D eigenvalue weighted by atomic mass is 11.1. The van der Waals surface area contributed by atoms with Gasteiger partial charge in [-0.1, -0.05) is 0 Å². The van der Waals surface area contributed by atoms with E-state index in [0.717, 1.165) is 0 Å². The Morgan fingerprint density at radius 1 is 1.10 bits per heavy atom. The van der Waals surface area contributed by atoms with Gasteiger partial charge in [-0.25, -0.2) is 0 Å². The maximum absolute atomic E-state index is 8.23. The predicted octanol–water partition coefficient (Wildman–Crippen LogP) is -4.17. The summed E-state index contributed by atoms with van der Waals surface area (Å²) in [7, 11) is 3.07. The molecule has 0 aliphatic rings. The minimum atomic E-state index is -0.438. The van der Waals surface area contributed by atoms with Crippen molar-refractivity contribution in [2.75, 3.05) is 27.7 Å². The molecule has 0 heterocycles. The van der Waals surface area contributed by atoms with E-state index in [1.54, 1.807) is 0 Å². The quantitative estimate of drug-likeness (QED) is 0.257. The number of hydroxylamine groups is 4. The third-order valence-electron chi connectivity index (χ3n) is 0.737. The number of halogens is 1. The Bertz CT molecular complexity index is 71.7. The lowest BCUT2D eigenvalue weighted by molar-refractivity contribution is -1.23. The van der Waals surface area contributed by atoms with Crippen LogP contribution in [0.15, 0.2) is 0 Å². The van der Waals surface area contributed by atoms with Crippen molar-refractivity contribution in [1.82, 2.24) is 0 Å². The van der Waals surface area contributed by atoms with Gasteiger partial charge in [0.15, 0.2) is 0 Å². The van der Waals surface area contributed by atoms with Gasteiger partial charge >= 0.3 is 0 Å². The number of nitrogens with zero attached hydrogens (tertiary/aromatic N) is 1. The van der Waals surface area contributed by atoms with Crippen LogP contribution in [0.25, 0.3) is 0 Å². The van der Waals surface area contributed by atoms with Crippen LogP contribution in [-0.4, -0.2) is 42.7 Å². The average molecular weight is 174 g/mol. The van der Waals surface area contributed by atoms with E-state index in [1.165, 1.54) is 14.1 Å². The number of rotatable bonds is 4. The van der Waals surface area contributed by atoms with Gasteiger partial charge in [0.25, 0.3) is 0 Å². The smallest absolute Gasteiger partial charge is 0.206 e. The number of hydrogen-bond acceptors (Lipinski definition) is 4. The van der Waals surface area contributed by atoms with Gasteiger partial charge in [0.2, 0.25) is 13.6 Å². The fourth-order valence-corrected chi connectivity index (χ4v) is 0.315. The zero-order chi connectivity index (χ0) is 7.33. The Labute approximate surface area is 65.7 Å². The maximum Gasteiger partial charge on any atom is 0.206 e. The molecule has 64 valence electrons. The molecule has 0 amide bonds. The molecular formula is C4H12ClNO4. The summed E-state index contributed by atoms with van der Waals surface area (Å²) in [6.07, 6.45) is 0. The van der Waals surface area contributed by atoms with Crippen molar-refractivity contribution in [2.24, 2.45) is 0 Å². The van der Waals surface area contributed by atoms with Crippen LogP contribution >= 0.6 is 0 Å². The first kappa shape index (κ1) is 12.7. The van der Waals surface area contributed by atoms with Gasteiger partial charge in [-0.2, -0.15) is 0 Å². The Morgan fingerprint density at radius 3 is 1.60 bits per heavy atom. The van der Waals surface area contributed by atoms with Crippen LogP contribution in [0, 0.1) is 0 Å². The van der Waals surface area contributed by atoms with E-state index in [4.69, 9.17) is 10.2 Å². The lowest BCUT2D eigenvalue weighted by Gasteiger charge is -2.20. The van der Waals surface area contributed by atoms with Gasteiger partial charge in [-0.05, 0) is 4.81 Å². The molecule has 0 aromatic heterocycles. The second-order valence-corrected chi connectivity index (χ2v) is 1.77. The standard InChI is InChI=1S/C4H12NO4.ClH/c1-5(2,8-3-6)9-4-7;/h6-7H,3-4H2,1-2H3;1H/q+1;/p-1. The molecule has 0 fully saturated rings. The minimum absolute atomic E-state index is 0. The van der Waals surface area contributed by atoms with Crippen molar-refractivity contribution in [3.8, 4) is 0 Å². The Hall–Kier alpha value is 0.0900. The lowest BCUT2D eigenvalue weighted by Crippen LogP contribution is -3.00. The third-order valence-corrected chi connectivity index (χ3v) is 0.737. The van der Waals surface area contributed by atoms with Crippen molar-refractivity contribution < 1.29 is 37.1 Å². The van der Waals surface area contributed by atoms with E-state index in [2.05, 4.69) is 9.68 Å². The molecule has 0 atom stereocenters. The number of aliphatic hydroxyl groups excluding tert-OH is 2. The second kappa shape index (κ2) is 5.84. The molecule has 0 aliphatic carbocycles. The summed E-state index contributed by atoms with van der Waals surface area (Å²) >= 11 is 0. The van der Waals surface area contributed by atoms with Crippen LogP contribution in [0.2, 0.25) is 0 Å². The first-order chi connectivity index (χ1) is 4.12. The summed E-state index contributed by atoms with van der Waals surface area (Å²) in [6, 6.07) is 0. The average Bonchev–Trinajstić information content (AvgIpc) is 1.64. The zero-order valence-corrected chi connectivity index (χ0v) is 6.71. The van der Waals surface area contributed by atoms with Crippen LogP contribution in [0.1, 0.15) is 0 Å².